The molecule has 1 N–H and O–H groups in total. The molecule has 100 valence electrons. The van der Waals surface area contributed by atoms with Crippen molar-refractivity contribution in [3.05, 3.63) is 5.89 Å². The maximum absolute atomic E-state index is 12.1. The van der Waals surface area contributed by atoms with Crippen molar-refractivity contribution in [1.29, 1.82) is 0 Å². The van der Waals surface area contributed by atoms with Crippen LogP contribution in [0.3, 0.4) is 0 Å². The molecule has 2 heterocycles. The van der Waals surface area contributed by atoms with E-state index in [9.17, 15) is 4.79 Å². The Hall–Kier alpha value is -1.30. The molecule has 1 atom stereocenters. The summed E-state index contributed by atoms with van der Waals surface area (Å²) in [7, 11) is 0. The maximum atomic E-state index is 12.1. The van der Waals surface area contributed by atoms with Crippen molar-refractivity contribution in [2.75, 3.05) is 18.4 Å². The molecule has 0 aliphatic carbocycles. The predicted octanol–water partition coefficient (Wildman–Crippen LogP) is 1.62. The number of rotatable bonds is 4. The fraction of sp³-hybridized carbons (Fsp3) is 0.727. The molecule has 1 aliphatic rings. The Bertz CT molecular complexity index is 404. The first-order valence-electron chi connectivity index (χ1n) is 6.14. The van der Waals surface area contributed by atoms with Gasteiger partial charge in [-0.15, -0.1) is 16.7 Å². The van der Waals surface area contributed by atoms with Gasteiger partial charge in [0.2, 0.25) is 11.8 Å². The van der Waals surface area contributed by atoms with Crippen LogP contribution >= 0.6 is 11.6 Å². The minimum absolute atomic E-state index is 0.0697. The van der Waals surface area contributed by atoms with E-state index < -0.39 is 0 Å². The van der Waals surface area contributed by atoms with Gasteiger partial charge in [-0.3, -0.25) is 4.79 Å². The molecule has 0 saturated carbocycles. The number of nitrogens with zero attached hydrogens (tertiary/aromatic N) is 3. The number of anilines is 1. The Morgan fingerprint density at radius 1 is 1.44 bits per heavy atom. The fourth-order valence-corrected chi connectivity index (χ4v) is 2.11. The lowest BCUT2D eigenvalue weighted by atomic mass is 10.1. The molecule has 7 heteroatoms. The summed E-state index contributed by atoms with van der Waals surface area (Å²) < 4.78 is 5.20. The molecule has 1 aromatic rings. The number of nitrogens with one attached hydrogen (secondary N) is 1. The highest BCUT2D eigenvalue weighted by Gasteiger charge is 2.23. The monoisotopic (exact) mass is 272 g/mol. The molecule has 0 bridgehead atoms. The zero-order chi connectivity index (χ0) is 13.0. The molecule has 0 radical (unpaired) electrons. The number of piperidine rings is 1. The van der Waals surface area contributed by atoms with Crippen LogP contribution in [-0.2, 0) is 10.7 Å². The van der Waals surface area contributed by atoms with Crippen LogP contribution in [0.1, 0.15) is 32.1 Å². The highest BCUT2D eigenvalue weighted by molar-refractivity contribution is 6.16. The summed E-state index contributed by atoms with van der Waals surface area (Å²) in [6.45, 7) is 3.46. The van der Waals surface area contributed by atoms with E-state index in [0.717, 1.165) is 25.9 Å². The zero-order valence-electron chi connectivity index (χ0n) is 10.4. The van der Waals surface area contributed by atoms with Gasteiger partial charge in [0, 0.05) is 13.1 Å². The number of hydrogen-bond donors (Lipinski definition) is 1. The third-order valence-electron chi connectivity index (χ3n) is 2.96. The van der Waals surface area contributed by atoms with Gasteiger partial charge >= 0.3 is 6.01 Å². The molecular formula is C11H17ClN4O2. The predicted molar refractivity (Wildman–Crippen MR) is 67.4 cm³/mol. The summed E-state index contributed by atoms with van der Waals surface area (Å²) >= 11 is 5.56. The summed E-state index contributed by atoms with van der Waals surface area (Å²) in [6, 6.07) is -0.129. The Kier molecular flexibility index (Phi) is 4.41. The normalized spacial score (nSPS) is 17.6. The lowest BCUT2D eigenvalue weighted by molar-refractivity contribution is -0.132. The Labute approximate surface area is 111 Å². The lowest BCUT2D eigenvalue weighted by Gasteiger charge is -2.29. The SMILES string of the molecule is CC(Nc1nnc(CCl)o1)C(=O)N1CCCCC1. The van der Waals surface area contributed by atoms with Crippen LogP contribution in [0.15, 0.2) is 4.42 Å². The van der Waals surface area contributed by atoms with Crippen molar-refractivity contribution in [3.8, 4) is 0 Å². The van der Waals surface area contributed by atoms with Crippen LogP contribution in [0.2, 0.25) is 0 Å². The van der Waals surface area contributed by atoms with Crippen molar-refractivity contribution >= 4 is 23.5 Å². The van der Waals surface area contributed by atoms with Crippen LogP contribution in [0.5, 0.6) is 0 Å². The average molecular weight is 273 g/mol. The fourth-order valence-electron chi connectivity index (χ4n) is 2.00. The maximum Gasteiger partial charge on any atom is 0.316 e. The zero-order valence-corrected chi connectivity index (χ0v) is 11.1. The Morgan fingerprint density at radius 3 is 2.78 bits per heavy atom. The van der Waals surface area contributed by atoms with Gasteiger partial charge in [-0.2, -0.15) is 0 Å². The number of amides is 1. The third-order valence-corrected chi connectivity index (χ3v) is 3.19. The van der Waals surface area contributed by atoms with Gasteiger partial charge in [-0.1, -0.05) is 5.10 Å². The largest absolute Gasteiger partial charge is 0.407 e. The average Bonchev–Trinajstić information content (AvgIpc) is 2.86. The van der Waals surface area contributed by atoms with Gasteiger partial charge in [-0.25, -0.2) is 0 Å². The van der Waals surface area contributed by atoms with Crippen molar-refractivity contribution in [3.63, 3.8) is 0 Å². The van der Waals surface area contributed by atoms with E-state index in [1.165, 1.54) is 6.42 Å². The van der Waals surface area contributed by atoms with Gasteiger partial charge in [0.25, 0.3) is 0 Å². The van der Waals surface area contributed by atoms with Crippen molar-refractivity contribution in [1.82, 2.24) is 15.1 Å². The second kappa shape index (κ2) is 6.04. The number of likely N-dealkylation sites (tertiary alicyclic amines) is 1. The molecule has 0 spiro atoms. The molecule has 1 amide bonds. The highest BCUT2D eigenvalue weighted by atomic mass is 35.5. The van der Waals surface area contributed by atoms with Crippen molar-refractivity contribution < 1.29 is 9.21 Å². The standard InChI is InChI=1S/C11H17ClN4O2/c1-8(10(17)16-5-3-2-4-6-16)13-11-15-14-9(7-12)18-11/h8H,2-7H2,1H3,(H,13,15). The molecule has 6 nitrogen and oxygen atoms in total. The van der Waals surface area contributed by atoms with E-state index in [0.29, 0.717) is 5.89 Å². The van der Waals surface area contributed by atoms with E-state index in [4.69, 9.17) is 16.0 Å². The second-order valence-electron chi connectivity index (χ2n) is 4.39. The first kappa shape index (κ1) is 13.1. The van der Waals surface area contributed by atoms with Crippen LogP contribution in [0, 0.1) is 0 Å². The number of halogens is 1. The molecule has 1 fully saturated rings. The Morgan fingerprint density at radius 2 is 2.17 bits per heavy atom. The van der Waals surface area contributed by atoms with Crippen LogP contribution in [0.25, 0.3) is 0 Å². The molecule has 0 aromatic carbocycles. The minimum Gasteiger partial charge on any atom is -0.407 e. The van der Waals surface area contributed by atoms with E-state index in [2.05, 4.69) is 15.5 Å². The number of carbonyl (C=O) groups excluding carboxylic acids is 1. The van der Waals surface area contributed by atoms with E-state index in [1.54, 1.807) is 6.92 Å². The molecule has 2 rings (SSSR count). The highest BCUT2D eigenvalue weighted by Crippen LogP contribution is 2.13. The Balaban J connectivity index is 1.89. The van der Waals surface area contributed by atoms with E-state index in [1.807, 2.05) is 4.90 Å². The van der Waals surface area contributed by atoms with Gasteiger partial charge in [-0.05, 0) is 26.2 Å². The van der Waals surface area contributed by atoms with Gasteiger partial charge < -0.3 is 14.6 Å². The lowest BCUT2D eigenvalue weighted by Crippen LogP contribution is -2.43. The summed E-state index contributed by atoms with van der Waals surface area (Å²) in [5.74, 6) is 0.584. The minimum atomic E-state index is -0.369. The van der Waals surface area contributed by atoms with Crippen LogP contribution < -0.4 is 5.32 Å². The van der Waals surface area contributed by atoms with Crippen LogP contribution in [-0.4, -0.2) is 40.1 Å². The smallest absolute Gasteiger partial charge is 0.316 e. The van der Waals surface area contributed by atoms with Crippen molar-refractivity contribution in [2.24, 2.45) is 0 Å². The number of alkyl halides is 1. The topological polar surface area (TPSA) is 71.3 Å². The summed E-state index contributed by atoms with van der Waals surface area (Å²) in [6.07, 6.45) is 3.36. The summed E-state index contributed by atoms with van der Waals surface area (Å²) in [5, 5.41) is 10.4. The summed E-state index contributed by atoms with van der Waals surface area (Å²) in [5.41, 5.74) is 0. The quantitative estimate of drug-likeness (QED) is 0.844. The number of hydrogen-bond acceptors (Lipinski definition) is 5. The van der Waals surface area contributed by atoms with Crippen molar-refractivity contribution in [2.45, 2.75) is 38.1 Å². The third kappa shape index (κ3) is 3.13. The van der Waals surface area contributed by atoms with Gasteiger partial charge in [0.05, 0.1) is 0 Å². The number of aromatic nitrogens is 2. The number of carbonyl (C=O) groups is 1. The first-order valence-corrected chi connectivity index (χ1v) is 6.68. The van der Waals surface area contributed by atoms with E-state index >= 15 is 0 Å². The van der Waals surface area contributed by atoms with Gasteiger partial charge in [0.1, 0.15) is 11.9 Å². The molecular weight excluding hydrogens is 256 g/mol. The molecule has 1 aliphatic heterocycles. The van der Waals surface area contributed by atoms with E-state index in [-0.39, 0.29) is 23.8 Å². The second-order valence-corrected chi connectivity index (χ2v) is 4.65. The molecule has 1 saturated heterocycles. The van der Waals surface area contributed by atoms with Gasteiger partial charge in [0.15, 0.2) is 0 Å². The molecule has 18 heavy (non-hydrogen) atoms. The first-order chi connectivity index (χ1) is 8.70. The molecule has 1 unspecified atom stereocenters. The summed E-state index contributed by atoms with van der Waals surface area (Å²) in [4.78, 5) is 14.0. The van der Waals surface area contributed by atoms with Crippen LogP contribution in [0.4, 0.5) is 6.01 Å². The molecule has 1 aromatic heterocycles.